The summed E-state index contributed by atoms with van der Waals surface area (Å²) in [5.41, 5.74) is 4.97. The highest BCUT2D eigenvalue weighted by molar-refractivity contribution is 8.00. The van der Waals surface area contributed by atoms with E-state index in [0.717, 1.165) is 24.2 Å². The van der Waals surface area contributed by atoms with Gasteiger partial charge in [0.15, 0.2) is 5.69 Å². The summed E-state index contributed by atoms with van der Waals surface area (Å²) in [5, 5.41) is 9.43. The van der Waals surface area contributed by atoms with Crippen molar-refractivity contribution in [3.05, 3.63) is 42.0 Å². The van der Waals surface area contributed by atoms with Crippen LogP contribution in [0, 0.1) is 5.92 Å². The molecule has 3 amide bonds. The molecule has 2 fully saturated rings. The number of carbonyl (C=O) groups is 3. The Morgan fingerprint density at radius 1 is 1.34 bits per heavy atom. The monoisotopic (exact) mass is 414 g/mol. The lowest BCUT2D eigenvalue weighted by Gasteiger charge is -2.30. The predicted octanol–water partition coefficient (Wildman–Crippen LogP) is 0.807. The van der Waals surface area contributed by atoms with Crippen LogP contribution in [0.1, 0.15) is 40.2 Å². The largest absolute Gasteiger partial charge is 0.364 e. The van der Waals surface area contributed by atoms with E-state index in [0.29, 0.717) is 18.8 Å². The molecule has 2 aromatic rings. The van der Waals surface area contributed by atoms with E-state index in [2.05, 4.69) is 20.5 Å². The van der Waals surface area contributed by atoms with Gasteiger partial charge in [-0.3, -0.25) is 24.5 Å². The molecule has 4 rings (SSSR count). The highest BCUT2D eigenvalue weighted by Gasteiger charge is 2.51. The summed E-state index contributed by atoms with van der Waals surface area (Å²) >= 11 is 1.48. The van der Waals surface area contributed by atoms with Crippen LogP contribution in [0.5, 0.6) is 0 Å². The van der Waals surface area contributed by atoms with Gasteiger partial charge in [-0.1, -0.05) is 6.42 Å². The van der Waals surface area contributed by atoms with Crippen LogP contribution in [0.4, 0.5) is 0 Å². The first kappa shape index (κ1) is 19.4. The molecule has 2 aliphatic rings. The van der Waals surface area contributed by atoms with Crippen LogP contribution in [0.25, 0.3) is 0 Å². The van der Waals surface area contributed by atoms with Gasteiger partial charge in [0.05, 0.1) is 11.3 Å². The number of pyridine rings is 1. The molecule has 4 N–H and O–H groups in total. The van der Waals surface area contributed by atoms with Crippen LogP contribution in [0.2, 0.25) is 0 Å². The van der Waals surface area contributed by atoms with E-state index in [-0.39, 0.29) is 29.1 Å². The first-order valence-corrected chi connectivity index (χ1v) is 10.4. The lowest BCUT2D eigenvalue weighted by molar-refractivity contribution is -0.127. The summed E-state index contributed by atoms with van der Waals surface area (Å²) in [6.45, 7) is 1.14. The zero-order chi connectivity index (χ0) is 20.4. The molecule has 0 aromatic carbocycles. The third-order valence-corrected chi connectivity index (χ3v) is 6.67. The number of aromatic amines is 1. The number of hydrogen-bond donors (Lipinski definition) is 3. The lowest BCUT2D eigenvalue weighted by Crippen LogP contribution is -2.52. The highest BCUT2D eigenvalue weighted by Crippen LogP contribution is 2.42. The van der Waals surface area contributed by atoms with Gasteiger partial charge in [0.25, 0.3) is 11.8 Å². The zero-order valence-corrected chi connectivity index (χ0v) is 16.6. The van der Waals surface area contributed by atoms with Crippen molar-refractivity contribution in [1.82, 2.24) is 25.4 Å². The topological polar surface area (TPSA) is 134 Å². The number of nitrogens with zero attached hydrogens (tertiary/aromatic N) is 3. The van der Waals surface area contributed by atoms with Crippen LogP contribution in [-0.4, -0.2) is 62.2 Å². The summed E-state index contributed by atoms with van der Waals surface area (Å²) in [4.78, 5) is 43.5. The van der Waals surface area contributed by atoms with Gasteiger partial charge < -0.3 is 16.0 Å². The molecule has 1 saturated carbocycles. The highest BCUT2D eigenvalue weighted by atomic mass is 32.2. The molecular weight excluding hydrogens is 392 g/mol. The molecule has 152 valence electrons. The minimum absolute atomic E-state index is 0.0204. The summed E-state index contributed by atoms with van der Waals surface area (Å²) < 4.78 is 0. The van der Waals surface area contributed by atoms with E-state index in [1.165, 1.54) is 17.8 Å². The SMILES string of the molecule is NC(=O)c1cc(C(=O)N[C@]23CCC[C@H]2CN(C(=O)CSc2ccncc2)C3)[nH]n1. The number of rotatable bonds is 6. The van der Waals surface area contributed by atoms with Crippen LogP contribution < -0.4 is 11.1 Å². The average molecular weight is 414 g/mol. The molecule has 1 aliphatic heterocycles. The molecule has 0 spiro atoms. The second-order valence-electron chi connectivity index (χ2n) is 7.48. The predicted molar refractivity (Wildman–Crippen MR) is 106 cm³/mol. The Morgan fingerprint density at radius 3 is 2.86 bits per heavy atom. The van der Waals surface area contributed by atoms with Crippen molar-refractivity contribution in [3.8, 4) is 0 Å². The van der Waals surface area contributed by atoms with Gasteiger partial charge in [-0.2, -0.15) is 5.10 Å². The molecule has 3 heterocycles. The summed E-state index contributed by atoms with van der Waals surface area (Å²) in [7, 11) is 0. The van der Waals surface area contributed by atoms with Gasteiger partial charge in [-0.05, 0) is 25.0 Å². The minimum atomic E-state index is -0.693. The van der Waals surface area contributed by atoms with E-state index in [1.54, 1.807) is 12.4 Å². The van der Waals surface area contributed by atoms with E-state index in [9.17, 15) is 14.4 Å². The molecule has 0 unspecified atom stereocenters. The fourth-order valence-electron chi connectivity index (χ4n) is 4.21. The fourth-order valence-corrected chi connectivity index (χ4v) is 5.00. The number of thioether (sulfide) groups is 1. The third kappa shape index (κ3) is 3.98. The van der Waals surface area contributed by atoms with Gasteiger partial charge in [0.2, 0.25) is 5.91 Å². The Kier molecular flexibility index (Phi) is 5.27. The fraction of sp³-hybridized carbons (Fsp3) is 0.421. The van der Waals surface area contributed by atoms with Gasteiger partial charge >= 0.3 is 0 Å². The van der Waals surface area contributed by atoms with Crippen LogP contribution in [0.3, 0.4) is 0 Å². The average Bonchev–Trinajstić information content (AvgIpc) is 3.41. The maximum atomic E-state index is 12.7. The van der Waals surface area contributed by atoms with Crippen molar-refractivity contribution in [2.24, 2.45) is 11.7 Å². The number of fused-ring (bicyclic) bond motifs is 1. The number of primary amides is 1. The molecular formula is C19H22N6O3S. The Balaban J connectivity index is 1.40. The maximum Gasteiger partial charge on any atom is 0.269 e. The Hall–Kier alpha value is -2.88. The number of H-pyrrole nitrogens is 1. The van der Waals surface area contributed by atoms with Crippen LogP contribution in [-0.2, 0) is 4.79 Å². The number of likely N-dealkylation sites (tertiary alicyclic amines) is 1. The number of hydrogen-bond acceptors (Lipinski definition) is 6. The van der Waals surface area contributed by atoms with Gasteiger partial charge in [0.1, 0.15) is 5.69 Å². The molecule has 1 saturated heterocycles. The van der Waals surface area contributed by atoms with Gasteiger partial charge in [-0.25, -0.2) is 0 Å². The smallest absolute Gasteiger partial charge is 0.269 e. The lowest BCUT2D eigenvalue weighted by atomic mass is 9.90. The number of amides is 3. The minimum Gasteiger partial charge on any atom is -0.364 e. The first-order valence-electron chi connectivity index (χ1n) is 9.45. The molecule has 9 nitrogen and oxygen atoms in total. The van der Waals surface area contributed by atoms with E-state index in [4.69, 9.17) is 5.73 Å². The van der Waals surface area contributed by atoms with Crippen molar-refractivity contribution in [3.63, 3.8) is 0 Å². The van der Waals surface area contributed by atoms with Crippen LogP contribution in [0.15, 0.2) is 35.5 Å². The zero-order valence-electron chi connectivity index (χ0n) is 15.8. The Morgan fingerprint density at radius 2 is 2.14 bits per heavy atom. The van der Waals surface area contributed by atoms with Gasteiger partial charge in [0, 0.05) is 42.4 Å². The second-order valence-corrected chi connectivity index (χ2v) is 8.53. The molecule has 29 heavy (non-hydrogen) atoms. The standard InChI is InChI=1S/C19H22N6O3S/c20-17(27)14-8-15(24-23-14)18(28)22-19-5-1-2-12(19)9-25(11-19)16(26)10-29-13-3-6-21-7-4-13/h3-4,6-8,12H,1-2,5,9-11H2,(H2,20,27)(H,22,28)(H,23,24)/t12-,19-/m0/s1. The summed E-state index contributed by atoms with van der Waals surface area (Å²) in [6, 6.07) is 5.10. The summed E-state index contributed by atoms with van der Waals surface area (Å²) in [5.74, 6) is -0.394. The van der Waals surface area contributed by atoms with Gasteiger partial charge in [-0.15, -0.1) is 11.8 Å². The maximum absolute atomic E-state index is 12.7. The van der Waals surface area contributed by atoms with Crippen molar-refractivity contribution < 1.29 is 14.4 Å². The molecule has 0 radical (unpaired) electrons. The molecule has 2 aromatic heterocycles. The third-order valence-electron chi connectivity index (χ3n) is 5.67. The Labute approximate surface area is 171 Å². The van der Waals surface area contributed by atoms with Crippen molar-refractivity contribution in [1.29, 1.82) is 0 Å². The van der Waals surface area contributed by atoms with Crippen molar-refractivity contribution in [2.75, 3.05) is 18.8 Å². The number of nitrogens with two attached hydrogens (primary N) is 1. The van der Waals surface area contributed by atoms with Crippen molar-refractivity contribution >= 4 is 29.5 Å². The number of aromatic nitrogens is 3. The molecule has 0 bridgehead atoms. The van der Waals surface area contributed by atoms with Crippen LogP contribution >= 0.6 is 11.8 Å². The van der Waals surface area contributed by atoms with E-state index in [1.807, 2.05) is 17.0 Å². The summed E-state index contributed by atoms with van der Waals surface area (Å²) in [6.07, 6.45) is 6.21. The normalized spacial score (nSPS) is 23.0. The molecule has 10 heteroatoms. The first-order chi connectivity index (χ1) is 14.0. The number of carbonyl (C=O) groups excluding carboxylic acids is 3. The quantitative estimate of drug-likeness (QED) is 0.599. The molecule has 2 atom stereocenters. The van der Waals surface area contributed by atoms with E-state index >= 15 is 0 Å². The van der Waals surface area contributed by atoms with E-state index < -0.39 is 11.4 Å². The van der Waals surface area contributed by atoms with Crippen molar-refractivity contribution in [2.45, 2.75) is 29.7 Å². The second kappa shape index (κ2) is 7.86. The number of nitrogens with one attached hydrogen (secondary N) is 2. The molecule has 1 aliphatic carbocycles. The Bertz CT molecular complexity index is 933.